The van der Waals surface area contributed by atoms with E-state index in [2.05, 4.69) is 16.1 Å². The summed E-state index contributed by atoms with van der Waals surface area (Å²) in [6.07, 6.45) is 7.40. The van der Waals surface area contributed by atoms with Gasteiger partial charge < -0.3 is 14.4 Å². The number of nitrogens with zero attached hydrogens (tertiary/aromatic N) is 4. The van der Waals surface area contributed by atoms with E-state index in [0.717, 1.165) is 48.8 Å². The van der Waals surface area contributed by atoms with Crippen molar-refractivity contribution in [1.82, 2.24) is 19.6 Å². The number of ether oxygens (including phenoxy) is 2. The second-order valence-corrected chi connectivity index (χ2v) is 9.67. The minimum atomic E-state index is -0.365. The van der Waals surface area contributed by atoms with Crippen LogP contribution in [0.15, 0.2) is 30.6 Å². The number of hydrogen-bond donors (Lipinski definition) is 0. The first-order valence-electron chi connectivity index (χ1n) is 11.5. The molecule has 0 spiro atoms. The van der Waals surface area contributed by atoms with E-state index in [-0.39, 0.29) is 18.2 Å². The van der Waals surface area contributed by atoms with E-state index in [1.54, 1.807) is 29.0 Å². The maximum Gasteiger partial charge on any atom is 0.415 e. The molecule has 2 heterocycles. The van der Waals surface area contributed by atoms with Crippen LogP contribution in [0, 0.1) is 5.92 Å². The molecule has 1 aromatic heterocycles. The highest BCUT2D eigenvalue weighted by Crippen LogP contribution is 2.36. The van der Waals surface area contributed by atoms with Crippen LogP contribution in [-0.4, -0.2) is 58.5 Å². The summed E-state index contributed by atoms with van der Waals surface area (Å²) in [4.78, 5) is 16.4. The summed E-state index contributed by atoms with van der Waals surface area (Å²) in [5.41, 5.74) is 1.13. The molecule has 2 aromatic rings. The molecule has 1 aliphatic carbocycles. The van der Waals surface area contributed by atoms with Crippen molar-refractivity contribution in [3.8, 4) is 11.5 Å². The highest BCUT2D eigenvalue weighted by Gasteiger charge is 2.33. The van der Waals surface area contributed by atoms with Gasteiger partial charge in [0.25, 0.3) is 0 Å². The zero-order valence-corrected chi connectivity index (χ0v) is 19.9. The number of rotatable bonds is 8. The zero-order valence-electron chi connectivity index (χ0n) is 19.2. The Labute approximate surface area is 195 Å². The predicted molar refractivity (Wildman–Crippen MR) is 124 cm³/mol. The Morgan fingerprint density at radius 3 is 2.72 bits per heavy atom. The fourth-order valence-corrected chi connectivity index (χ4v) is 4.58. The maximum atomic E-state index is 12.4. The Balaban J connectivity index is 1.22. The van der Waals surface area contributed by atoms with Gasteiger partial charge in [0, 0.05) is 26.2 Å². The lowest BCUT2D eigenvalue weighted by molar-refractivity contribution is 0.0484. The van der Waals surface area contributed by atoms with Gasteiger partial charge in [-0.25, -0.2) is 4.79 Å². The molecule has 32 heavy (non-hydrogen) atoms. The minimum absolute atomic E-state index is 0.133. The van der Waals surface area contributed by atoms with E-state index in [4.69, 9.17) is 21.1 Å². The van der Waals surface area contributed by atoms with Crippen molar-refractivity contribution >= 4 is 17.7 Å². The third kappa shape index (κ3) is 5.56. The van der Waals surface area contributed by atoms with Crippen molar-refractivity contribution in [2.45, 2.75) is 58.2 Å². The number of aromatic nitrogens is 2. The highest BCUT2D eigenvalue weighted by molar-refractivity contribution is 6.32. The van der Waals surface area contributed by atoms with E-state index in [1.165, 1.54) is 12.8 Å². The molecule has 1 aromatic carbocycles. The molecule has 174 valence electrons. The van der Waals surface area contributed by atoms with E-state index in [9.17, 15) is 4.79 Å². The Bertz CT molecular complexity index is 920. The molecular formula is C24H33ClN4O3. The number of carbonyl (C=O) groups is 1. The first kappa shape index (κ1) is 22.9. The predicted octanol–water partition coefficient (Wildman–Crippen LogP) is 5.00. The first-order valence-corrected chi connectivity index (χ1v) is 11.9. The molecule has 4 rings (SSSR count). The molecule has 1 saturated heterocycles. The van der Waals surface area contributed by atoms with Gasteiger partial charge in [-0.3, -0.25) is 9.58 Å². The lowest BCUT2D eigenvalue weighted by Gasteiger charge is -2.37. The van der Waals surface area contributed by atoms with Crippen LogP contribution < -0.4 is 9.47 Å². The fourth-order valence-electron chi connectivity index (χ4n) is 4.35. The number of likely N-dealkylation sites (tertiary alicyclic amines) is 1. The Morgan fingerprint density at radius 1 is 1.28 bits per heavy atom. The van der Waals surface area contributed by atoms with Gasteiger partial charge in [-0.1, -0.05) is 23.7 Å². The summed E-state index contributed by atoms with van der Waals surface area (Å²) in [5.74, 6) is 1.62. The van der Waals surface area contributed by atoms with Crippen LogP contribution in [0.25, 0.3) is 0 Å². The van der Waals surface area contributed by atoms with Crippen LogP contribution in [0.2, 0.25) is 5.02 Å². The van der Waals surface area contributed by atoms with Crippen LogP contribution in [0.4, 0.5) is 4.79 Å². The van der Waals surface area contributed by atoms with Crippen molar-refractivity contribution in [1.29, 1.82) is 0 Å². The van der Waals surface area contributed by atoms with Gasteiger partial charge in [0.2, 0.25) is 0 Å². The second-order valence-electron chi connectivity index (χ2n) is 9.29. The largest absolute Gasteiger partial charge is 0.489 e. The van der Waals surface area contributed by atoms with E-state index < -0.39 is 0 Å². The number of amides is 1. The molecule has 7 nitrogen and oxygen atoms in total. The van der Waals surface area contributed by atoms with Gasteiger partial charge in [-0.05, 0) is 70.2 Å². The third-order valence-electron chi connectivity index (χ3n) is 6.28. The minimum Gasteiger partial charge on any atom is -0.489 e. The zero-order chi connectivity index (χ0) is 22.7. The van der Waals surface area contributed by atoms with Crippen LogP contribution in [0.1, 0.15) is 51.1 Å². The molecule has 8 heteroatoms. The third-order valence-corrected chi connectivity index (χ3v) is 6.71. The molecule has 0 unspecified atom stereocenters. The Kier molecular flexibility index (Phi) is 7.26. The average Bonchev–Trinajstić information content (AvgIpc) is 3.41. The quantitative estimate of drug-likeness (QED) is 0.554. The maximum absolute atomic E-state index is 12.4. The molecule has 1 aliphatic heterocycles. The van der Waals surface area contributed by atoms with Crippen LogP contribution >= 0.6 is 11.6 Å². The summed E-state index contributed by atoms with van der Waals surface area (Å²) in [5, 5.41) is 4.93. The van der Waals surface area contributed by atoms with Gasteiger partial charge in [0.1, 0.15) is 5.75 Å². The lowest BCUT2D eigenvalue weighted by Crippen LogP contribution is -2.42. The number of halogens is 1. The SMILES string of the molecule is CC(C)n1cc(OC(=O)N(C)CC2CC(Oc3cccc(CN4CCCC4)c3Cl)C2)cn1. The first-order chi connectivity index (χ1) is 15.4. The molecule has 0 N–H and O–H groups in total. The van der Waals surface area contributed by atoms with Gasteiger partial charge in [-0.15, -0.1) is 0 Å². The van der Waals surface area contributed by atoms with Crippen molar-refractivity contribution in [2.75, 3.05) is 26.7 Å². The average molecular weight is 461 g/mol. The van der Waals surface area contributed by atoms with Crippen LogP contribution in [0.3, 0.4) is 0 Å². The number of benzene rings is 1. The molecule has 0 bridgehead atoms. The molecule has 0 atom stereocenters. The topological polar surface area (TPSA) is 59.8 Å². The van der Waals surface area contributed by atoms with Crippen molar-refractivity contribution < 1.29 is 14.3 Å². The van der Waals surface area contributed by atoms with Gasteiger partial charge in [0.05, 0.1) is 23.5 Å². The molecule has 1 saturated carbocycles. The second kappa shape index (κ2) is 10.1. The summed E-state index contributed by atoms with van der Waals surface area (Å²) >= 11 is 6.64. The number of hydrogen-bond acceptors (Lipinski definition) is 5. The molecular weight excluding hydrogens is 428 g/mol. The standard InChI is InChI=1S/C24H33ClN4O3/c1-17(2)29-16-21(13-26-29)32-24(30)27(3)14-18-11-20(12-18)31-22-8-6-7-19(23(22)25)15-28-9-4-5-10-28/h6-8,13,16-18,20H,4-5,9-12,14-15H2,1-3H3. The van der Waals surface area contributed by atoms with Crippen molar-refractivity contribution in [2.24, 2.45) is 5.92 Å². The van der Waals surface area contributed by atoms with Gasteiger partial charge in [-0.2, -0.15) is 5.10 Å². The van der Waals surface area contributed by atoms with E-state index in [0.29, 0.717) is 18.2 Å². The summed E-state index contributed by atoms with van der Waals surface area (Å²) in [7, 11) is 1.77. The Hall–Kier alpha value is -2.25. The molecule has 2 aliphatic rings. The van der Waals surface area contributed by atoms with E-state index >= 15 is 0 Å². The van der Waals surface area contributed by atoms with Crippen molar-refractivity contribution in [3.05, 3.63) is 41.2 Å². The summed E-state index contributed by atoms with van der Waals surface area (Å²) in [6.45, 7) is 7.85. The summed E-state index contributed by atoms with van der Waals surface area (Å²) in [6, 6.07) is 6.28. The van der Waals surface area contributed by atoms with Gasteiger partial charge >= 0.3 is 6.09 Å². The van der Waals surface area contributed by atoms with Crippen LogP contribution in [0.5, 0.6) is 11.5 Å². The smallest absolute Gasteiger partial charge is 0.415 e. The molecule has 0 radical (unpaired) electrons. The monoisotopic (exact) mass is 460 g/mol. The van der Waals surface area contributed by atoms with Gasteiger partial charge in [0.15, 0.2) is 5.75 Å². The molecule has 1 amide bonds. The highest BCUT2D eigenvalue weighted by atomic mass is 35.5. The Morgan fingerprint density at radius 2 is 2.03 bits per heavy atom. The van der Waals surface area contributed by atoms with E-state index in [1.807, 2.05) is 26.0 Å². The summed E-state index contributed by atoms with van der Waals surface area (Å²) < 4.78 is 13.4. The van der Waals surface area contributed by atoms with Crippen LogP contribution in [-0.2, 0) is 6.54 Å². The van der Waals surface area contributed by atoms with Crippen molar-refractivity contribution in [3.63, 3.8) is 0 Å². The fraction of sp³-hybridized carbons (Fsp3) is 0.583. The normalized spacial score (nSPS) is 20.9. The lowest BCUT2D eigenvalue weighted by atomic mass is 9.82. The number of carbonyl (C=O) groups excluding carboxylic acids is 1. The molecule has 2 fully saturated rings.